The van der Waals surface area contributed by atoms with E-state index < -0.39 is 0 Å². The van der Waals surface area contributed by atoms with Gasteiger partial charge in [-0.05, 0) is 31.9 Å². The molecule has 1 saturated carbocycles. The van der Waals surface area contributed by atoms with E-state index in [1.807, 2.05) is 41.9 Å². The lowest BCUT2D eigenvalue weighted by molar-refractivity contribution is 0.512. The van der Waals surface area contributed by atoms with E-state index in [0.717, 1.165) is 11.4 Å². The van der Waals surface area contributed by atoms with E-state index in [-0.39, 0.29) is 5.43 Å². The summed E-state index contributed by atoms with van der Waals surface area (Å²) in [4.78, 5) is 12.1. The van der Waals surface area contributed by atoms with E-state index in [1.54, 1.807) is 6.07 Å². The largest absolute Gasteiger partial charge is 0.308 e. The fourth-order valence-electron chi connectivity index (χ4n) is 2.91. The molecule has 0 radical (unpaired) electrons. The van der Waals surface area contributed by atoms with Gasteiger partial charge in [-0.25, -0.2) is 4.68 Å². The summed E-state index contributed by atoms with van der Waals surface area (Å²) >= 11 is 0. The molecule has 0 spiro atoms. The van der Waals surface area contributed by atoms with E-state index in [0.29, 0.717) is 18.3 Å². The van der Waals surface area contributed by atoms with Crippen molar-refractivity contribution in [2.45, 2.75) is 45.2 Å². The van der Waals surface area contributed by atoms with Crippen LogP contribution in [0.25, 0.3) is 5.69 Å². The quantitative estimate of drug-likeness (QED) is 0.938. The van der Waals surface area contributed by atoms with Gasteiger partial charge in [0, 0.05) is 24.3 Å². The van der Waals surface area contributed by atoms with Crippen LogP contribution in [-0.4, -0.2) is 15.8 Å². The molecule has 1 aromatic heterocycles. The van der Waals surface area contributed by atoms with Gasteiger partial charge in [-0.15, -0.1) is 0 Å². The molecule has 21 heavy (non-hydrogen) atoms. The zero-order chi connectivity index (χ0) is 14.7. The molecule has 1 heterocycles. The zero-order valence-electron chi connectivity index (χ0n) is 12.4. The fourth-order valence-corrected chi connectivity index (χ4v) is 2.91. The van der Waals surface area contributed by atoms with Crippen LogP contribution in [0.3, 0.4) is 0 Å². The highest BCUT2D eigenvalue weighted by molar-refractivity contribution is 5.32. The second kappa shape index (κ2) is 6.22. The third-order valence-corrected chi connectivity index (χ3v) is 4.09. The molecule has 0 amide bonds. The van der Waals surface area contributed by atoms with Crippen molar-refractivity contribution in [3.63, 3.8) is 0 Å². The van der Waals surface area contributed by atoms with Gasteiger partial charge in [-0.1, -0.05) is 31.0 Å². The van der Waals surface area contributed by atoms with Gasteiger partial charge in [-0.3, -0.25) is 4.79 Å². The molecule has 110 valence electrons. The number of nitrogens with zero attached hydrogens (tertiary/aromatic N) is 2. The van der Waals surface area contributed by atoms with Gasteiger partial charge >= 0.3 is 0 Å². The highest BCUT2D eigenvalue weighted by Crippen LogP contribution is 2.17. The number of para-hydroxylation sites is 1. The Labute approximate surface area is 124 Å². The lowest BCUT2D eigenvalue weighted by atomic mass is 10.2. The lowest BCUT2D eigenvalue weighted by Gasteiger charge is -2.14. The summed E-state index contributed by atoms with van der Waals surface area (Å²) in [6, 6.07) is 12.1. The molecule has 0 bridgehead atoms. The Morgan fingerprint density at radius 2 is 1.95 bits per heavy atom. The normalized spacial score (nSPS) is 15.5. The second-order valence-electron chi connectivity index (χ2n) is 5.71. The summed E-state index contributed by atoms with van der Waals surface area (Å²) < 4.78 is 1.84. The van der Waals surface area contributed by atoms with Crippen LogP contribution in [0.2, 0.25) is 0 Å². The Morgan fingerprint density at radius 1 is 1.24 bits per heavy atom. The molecule has 0 unspecified atom stereocenters. The van der Waals surface area contributed by atoms with E-state index in [4.69, 9.17) is 0 Å². The molecule has 2 aromatic rings. The van der Waals surface area contributed by atoms with Crippen molar-refractivity contribution in [3.8, 4) is 5.69 Å². The number of rotatable bonds is 4. The number of hydrogen-bond donors (Lipinski definition) is 1. The third-order valence-electron chi connectivity index (χ3n) is 4.09. The molecule has 0 saturated heterocycles. The molecule has 1 aliphatic carbocycles. The van der Waals surface area contributed by atoms with Crippen molar-refractivity contribution >= 4 is 0 Å². The molecule has 3 rings (SSSR count). The van der Waals surface area contributed by atoms with Crippen LogP contribution >= 0.6 is 0 Å². The Hall–Kier alpha value is -1.94. The first-order valence-corrected chi connectivity index (χ1v) is 7.63. The van der Waals surface area contributed by atoms with Crippen LogP contribution in [0.15, 0.2) is 41.2 Å². The van der Waals surface area contributed by atoms with Gasteiger partial charge in [0.1, 0.15) is 5.69 Å². The molecule has 1 aromatic carbocycles. The first kappa shape index (κ1) is 14.0. The third kappa shape index (κ3) is 3.22. The minimum atomic E-state index is 0.0187. The van der Waals surface area contributed by atoms with Crippen molar-refractivity contribution in [3.05, 3.63) is 58.0 Å². The average molecular weight is 283 g/mol. The number of aryl methyl sites for hydroxylation is 1. The molecule has 1 aliphatic rings. The van der Waals surface area contributed by atoms with E-state index >= 15 is 0 Å². The smallest absolute Gasteiger partial charge is 0.204 e. The molecule has 0 atom stereocenters. The molecular formula is C17H21N3O. The highest BCUT2D eigenvalue weighted by Gasteiger charge is 2.15. The maximum Gasteiger partial charge on any atom is 0.204 e. The van der Waals surface area contributed by atoms with Crippen molar-refractivity contribution < 1.29 is 0 Å². The van der Waals surface area contributed by atoms with Crippen LogP contribution in [-0.2, 0) is 6.54 Å². The maximum absolute atomic E-state index is 12.1. The molecule has 0 aliphatic heterocycles. The zero-order valence-corrected chi connectivity index (χ0v) is 12.4. The van der Waals surface area contributed by atoms with Crippen LogP contribution in [0.1, 0.15) is 37.1 Å². The monoisotopic (exact) mass is 283 g/mol. The molecular weight excluding hydrogens is 262 g/mol. The molecule has 4 nitrogen and oxygen atoms in total. The summed E-state index contributed by atoms with van der Waals surface area (Å²) in [5.41, 5.74) is 2.45. The fraction of sp³-hybridized carbons (Fsp3) is 0.412. The van der Waals surface area contributed by atoms with Gasteiger partial charge in [-0.2, -0.15) is 5.10 Å². The number of aromatic nitrogens is 2. The van der Waals surface area contributed by atoms with Crippen molar-refractivity contribution in [1.82, 2.24) is 15.1 Å². The Morgan fingerprint density at radius 3 is 2.67 bits per heavy atom. The van der Waals surface area contributed by atoms with Gasteiger partial charge in [0.2, 0.25) is 5.43 Å². The number of hydrogen-bond acceptors (Lipinski definition) is 3. The van der Waals surface area contributed by atoms with Crippen LogP contribution in [0.4, 0.5) is 0 Å². The van der Waals surface area contributed by atoms with Crippen molar-refractivity contribution in [2.24, 2.45) is 0 Å². The Balaban J connectivity index is 1.85. The maximum atomic E-state index is 12.1. The first-order chi connectivity index (χ1) is 10.2. The summed E-state index contributed by atoms with van der Waals surface area (Å²) in [6.45, 7) is 2.46. The minimum absolute atomic E-state index is 0.0187. The van der Waals surface area contributed by atoms with E-state index in [9.17, 15) is 4.79 Å². The highest BCUT2D eigenvalue weighted by atomic mass is 16.1. The van der Waals surface area contributed by atoms with E-state index in [1.165, 1.54) is 25.7 Å². The summed E-state index contributed by atoms with van der Waals surface area (Å²) in [5, 5.41) is 8.01. The standard InChI is InChI=1S/C17H21N3O/c1-13-11-17(21)16(12-18-14-7-5-6-8-14)19-20(13)15-9-3-2-4-10-15/h2-4,9-11,14,18H,5-8,12H2,1H3. The first-order valence-electron chi connectivity index (χ1n) is 7.63. The summed E-state index contributed by atoms with van der Waals surface area (Å²) in [5.74, 6) is 0. The van der Waals surface area contributed by atoms with Gasteiger partial charge < -0.3 is 5.32 Å². The molecule has 4 heteroatoms. The topological polar surface area (TPSA) is 46.9 Å². The van der Waals surface area contributed by atoms with Crippen LogP contribution in [0.5, 0.6) is 0 Å². The predicted octanol–water partition coefficient (Wildman–Crippen LogP) is 2.57. The predicted molar refractivity (Wildman–Crippen MR) is 83.7 cm³/mol. The summed E-state index contributed by atoms with van der Waals surface area (Å²) in [6.07, 6.45) is 4.98. The number of benzene rings is 1. The molecule has 1 N–H and O–H groups in total. The summed E-state index contributed by atoms with van der Waals surface area (Å²) in [7, 11) is 0. The average Bonchev–Trinajstić information content (AvgIpc) is 3.01. The van der Waals surface area contributed by atoms with Gasteiger partial charge in [0.05, 0.1) is 5.69 Å². The lowest BCUT2D eigenvalue weighted by Crippen LogP contribution is -2.30. The SMILES string of the molecule is Cc1cc(=O)c(CNC2CCCC2)nn1-c1ccccc1. The van der Waals surface area contributed by atoms with Gasteiger partial charge in [0.25, 0.3) is 0 Å². The van der Waals surface area contributed by atoms with Crippen LogP contribution < -0.4 is 10.7 Å². The van der Waals surface area contributed by atoms with Gasteiger partial charge in [0.15, 0.2) is 0 Å². The van der Waals surface area contributed by atoms with E-state index in [2.05, 4.69) is 10.4 Å². The van der Waals surface area contributed by atoms with Crippen LogP contribution in [0, 0.1) is 6.92 Å². The van der Waals surface area contributed by atoms with Crippen molar-refractivity contribution in [1.29, 1.82) is 0 Å². The second-order valence-corrected chi connectivity index (χ2v) is 5.71. The Kier molecular flexibility index (Phi) is 4.15. The Bertz CT molecular complexity index is 657. The minimum Gasteiger partial charge on any atom is -0.308 e. The van der Waals surface area contributed by atoms with Crippen molar-refractivity contribution in [2.75, 3.05) is 0 Å². The molecule has 1 fully saturated rings. The number of nitrogens with one attached hydrogen (secondary N) is 1.